The second-order valence-electron chi connectivity index (χ2n) is 6.33. The fraction of sp³-hybridized carbons (Fsp3) is 0.522. The number of nitrogens with zero attached hydrogens (tertiary/aromatic N) is 1. The molecule has 1 aromatic carbocycles. The number of para-hydroxylation sites is 1. The molecule has 1 aromatic rings. The highest BCUT2D eigenvalue weighted by atomic mass is 16.5. The maximum atomic E-state index is 5.60. The molecule has 138 valence electrons. The van der Waals surface area contributed by atoms with Crippen LogP contribution in [0.15, 0.2) is 35.3 Å². The number of hydrogen-bond donors (Lipinski definition) is 0. The zero-order valence-electron chi connectivity index (χ0n) is 15.6. The lowest BCUT2D eigenvalue weighted by molar-refractivity contribution is 0.160. The van der Waals surface area contributed by atoms with Crippen LogP contribution >= 0.6 is 0 Å². The summed E-state index contributed by atoms with van der Waals surface area (Å²) in [6, 6.07) is 9.76. The lowest BCUT2D eigenvalue weighted by Gasteiger charge is -2.03. The molecular weight excluding hydrogens is 322 g/mol. The topological polar surface area (TPSA) is 30.8 Å². The molecule has 0 aliphatic carbocycles. The van der Waals surface area contributed by atoms with Crippen molar-refractivity contribution in [1.82, 2.24) is 0 Å². The normalized spacial score (nSPS) is 18.1. The Bertz CT molecular complexity index is 608. The number of aliphatic imine (C=N–C) groups is 1. The predicted octanol–water partition coefficient (Wildman–Crippen LogP) is 4.93. The lowest BCUT2D eigenvalue weighted by atomic mass is 10.1. The molecule has 0 fully saturated rings. The Morgan fingerprint density at radius 2 is 1.15 bits per heavy atom. The van der Waals surface area contributed by atoms with E-state index in [0.717, 1.165) is 31.7 Å². The van der Waals surface area contributed by atoms with Crippen molar-refractivity contribution in [3.05, 3.63) is 30.3 Å². The van der Waals surface area contributed by atoms with Crippen molar-refractivity contribution in [2.75, 3.05) is 26.4 Å². The first-order valence-electron chi connectivity index (χ1n) is 9.72. The van der Waals surface area contributed by atoms with Gasteiger partial charge in [0.15, 0.2) is 5.71 Å². The van der Waals surface area contributed by atoms with Gasteiger partial charge in [0.1, 0.15) is 13.2 Å². The van der Waals surface area contributed by atoms with Gasteiger partial charge >= 0.3 is 0 Å². The first kappa shape index (κ1) is 20.2. The van der Waals surface area contributed by atoms with E-state index in [9.17, 15) is 0 Å². The molecule has 1 aliphatic rings. The van der Waals surface area contributed by atoms with Crippen LogP contribution in [0, 0.1) is 23.7 Å². The van der Waals surface area contributed by atoms with Gasteiger partial charge in [-0.15, -0.1) is 0 Å². The standard InChI is InChI=1S/C23H29NO2/c1-2-4-6-11-19-26-21-13-17-23(24-22-14-8-7-9-15-22)16-12-20-25-18-10-5-3-1/h7-9,14-15H,1-6,10-11,18-21H2. The van der Waals surface area contributed by atoms with Crippen LogP contribution in [0.4, 0.5) is 5.69 Å². The molecule has 0 bridgehead atoms. The maximum absolute atomic E-state index is 5.60. The molecule has 0 saturated heterocycles. The van der Waals surface area contributed by atoms with Crippen LogP contribution in [0.2, 0.25) is 0 Å². The Morgan fingerprint density at radius 3 is 1.69 bits per heavy atom. The Labute approximate surface area is 158 Å². The molecule has 0 spiro atoms. The van der Waals surface area contributed by atoms with Crippen molar-refractivity contribution < 1.29 is 9.47 Å². The smallest absolute Gasteiger partial charge is 0.164 e. The summed E-state index contributed by atoms with van der Waals surface area (Å²) in [6.07, 6.45) is 9.95. The van der Waals surface area contributed by atoms with Gasteiger partial charge in [-0.1, -0.05) is 68.6 Å². The summed E-state index contributed by atoms with van der Waals surface area (Å²) in [5.74, 6) is 12.1. The molecule has 0 saturated carbocycles. The Kier molecular flexibility index (Phi) is 11.0. The van der Waals surface area contributed by atoms with E-state index >= 15 is 0 Å². The van der Waals surface area contributed by atoms with Crippen molar-refractivity contribution >= 4 is 11.4 Å². The molecule has 26 heavy (non-hydrogen) atoms. The molecule has 0 aromatic heterocycles. The van der Waals surface area contributed by atoms with E-state index in [1.807, 2.05) is 30.3 Å². The highest BCUT2D eigenvalue weighted by molar-refractivity contribution is 6.14. The first-order valence-corrected chi connectivity index (χ1v) is 9.72. The average Bonchev–Trinajstić information content (AvgIpc) is 2.67. The van der Waals surface area contributed by atoms with E-state index in [4.69, 9.17) is 9.47 Å². The van der Waals surface area contributed by atoms with Crippen molar-refractivity contribution in [2.24, 2.45) is 4.99 Å². The van der Waals surface area contributed by atoms with E-state index in [-0.39, 0.29) is 0 Å². The zero-order chi connectivity index (χ0) is 18.1. The molecule has 1 heterocycles. The SMILES string of the molecule is C1#CC(=Nc2ccccc2)C#CCOCCCCCCCCCCOC1. The van der Waals surface area contributed by atoms with Gasteiger partial charge < -0.3 is 9.47 Å². The summed E-state index contributed by atoms with van der Waals surface area (Å²) in [7, 11) is 0. The second-order valence-corrected chi connectivity index (χ2v) is 6.33. The highest BCUT2D eigenvalue weighted by Gasteiger charge is 1.95. The number of rotatable bonds is 1. The summed E-state index contributed by atoms with van der Waals surface area (Å²) in [5.41, 5.74) is 1.41. The Hall–Kier alpha value is -2.07. The minimum absolute atomic E-state index is 0.423. The molecule has 0 unspecified atom stereocenters. The van der Waals surface area contributed by atoms with Crippen LogP contribution in [0.25, 0.3) is 0 Å². The zero-order valence-corrected chi connectivity index (χ0v) is 15.6. The predicted molar refractivity (Wildman–Crippen MR) is 108 cm³/mol. The second kappa shape index (κ2) is 14.1. The van der Waals surface area contributed by atoms with Crippen molar-refractivity contribution in [3.63, 3.8) is 0 Å². The molecule has 0 radical (unpaired) electrons. The third kappa shape index (κ3) is 10.0. The number of benzene rings is 1. The number of hydrogen-bond acceptors (Lipinski definition) is 3. The maximum Gasteiger partial charge on any atom is 0.164 e. The van der Waals surface area contributed by atoms with Crippen LogP contribution < -0.4 is 0 Å². The van der Waals surface area contributed by atoms with Crippen molar-refractivity contribution in [1.29, 1.82) is 0 Å². The van der Waals surface area contributed by atoms with E-state index in [2.05, 4.69) is 28.7 Å². The van der Waals surface area contributed by atoms with Gasteiger partial charge in [0.2, 0.25) is 0 Å². The van der Waals surface area contributed by atoms with E-state index in [0.29, 0.717) is 18.9 Å². The van der Waals surface area contributed by atoms with E-state index in [1.54, 1.807) is 0 Å². The summed E-state index contributed by atoms with van der Waals surface area (Å²) in [5, 5.41) is 0. The number of ether oxygens (including phenoxy) is 2. The van der Waals surface area contributed by atoms with Crippen LogP contribution in [-0.4, -0.2) is 32.1 Å². The summed E-state index contributed by atoms with van der Waals surface area (Å²) < 4.78 is 11.2. The molecular formula is C23H29NO2. The molecule has 1 aliphatic heterocycles. The van der Waals surface area contributed by atoms with Gasteiger partial charge in [0.05, 0.1) is 5.69 Å². The molecule has 2 rings (SSSR count). The Balaban J connectivity index is 1.95. The third-order valence-electron chi connectivity index (χ3n) is 4.09. The van der Waals surface area contributed by atoms with Crippen LogP contribution in [0.3, 0.4) is 0 Å². The van der Waals surface area contributed by atoms with Gasteiger partial charge in [0, 0.05) is 13.2 Å². The van der Waals surface area contributed by atoms with Crippen molar-refractivity contribution in [2.45, 2.75) is 51.4 Å². The summed E-state index contributed by atoms with van der Waals surface area (Å²) in [4.78, 5) is 4.52. The quantitative estimate of drug-likeness (QED) is 0.672. The van der Waals surface area contributed by atoms with Crippen molar-refractivity contribution in [3.8, 4) is 23.7 Å². The lowest BCUT2D eigenvalue weighted by Crippen LogP contribution is -1.97. The molecule has 0 amide bonds. The largest absolute Gasteiger partial charge is 0.369 e. The fourth-order valence-electron chi connectivity index (χ4n) is 2.67. The van der Waals surface area contributed by atoms with Gasteiger partial charge in [-0.25, -0.2) is 4.99 Å². The van der Waals surface area contributed by atoms with Gasteiger partial charge in [-0.05, 0) is 36.8 Å². The minimum atomic E-state index is 0.423. The van der Waals surface area contributed by atoms with Crippen LogP contribution in [0.5, 0.6) is 0 Å². The van der Waals surface area contributed by atoms with Gasteiger partial charge in [-0.2, -0.15) is 0 Å². The van der Waals surface area contributed by atoms with Crippen LogP contribution in [-0.2, 0) is 9.47 Å². The summed E-state index contributed by atoms with van der Waals surface area (Å²) >= 11 is 0. The third-order valence-corrected chi connectivity index (χ3v) is 4.09. The molecule has 0 atom stereocenters. The fourth-order valence-corrected chi connectivity index (χ4v) is 2.67. The monoisotopic (exact) mass is 351 g/mol. The van der Waals surface area contributed by atoms with E-state index in [1.165, 1.54) is 38.5 Å². The van der Waals surface area contributed by atoms with E-state index < -0.39 is 0 Å². The summed E-state index contributed by atoms with van der Waals surface area (Å²) in [6.45, 7) is 2.40. The molecule has 0 N–H and O–H groups in total. The first-order chi connectivity index (χ1) is 12.9. The van der Waals surface area contributed by atoms with Gasteiger partial charge in [-0.3, -0.25) is 0 Å². The molecule has 3 nitrogen and oxygen atoms in total. The minimum Gasteiger partial charge on any atom is -0.369 e. The van der Waals surface area contributed by atoms with Crippen LogP contribution in [0.1, 0.15) is 51.4 Å². The Morgan fingerprint density at radius 1 is 0.654 bits per heavy atom. The molecule has 3 heteroatoms. The highest BCUT2D eigenvalue weighted by Crippen LogP contribution is 2.10. The van der Waals surface area contributed by atoms with Gasteiger partial charge in [0.25, 0.3) is 0 Å². The average molecular weight is 351 g/mol.